The summed E-state index contributed by atoms with van der Waals surface area (Å²) in [4.78, 5) is 25.5. The largest absolute Gasteiger partial charge is 0.379 e. The van der Waals surface area contributed by atoms with Gasteiger partial charge >= 0.3 is 0 Å². The third-order valence-electron chi connectivity index (χ3n) is 5.29. The number of hydrogen-bond donors (Lipinski definition) is 2. The molecule has 2 amide bonds. The van der Waals surface area contributed by atoms with Crippen LogP contribution in [0.4, 0.5) is 0 Å². The maximum Gasteiger partial charge on any atom is 0.247 e. The summed E-state index contributed by atoms with van der Waals surface area (Å²) < 4.78 is 32.1. The molecule has 9 heteroatoms. The van der Waals surface area contributed by atoms with Gasteiger partial charge in [-0.05, 0) is 29.2 Å². The van der Waals surface area contributed by atoms with E-state index in [-0.39, 0.29) is 29.2 Å². The van der Waals surface area contributed by atoms with Crippen molar-refractivity contribution >= 4 is 21.8 Å². The molecule has 2 N–H and O–H groups in total. The predicted molar refractivity (Wildman–Crippen MR) is 125 cm³/mol. The van der Waals surface area contributed by atoms with E-state index in [0.29, 0.717) is 38.3 Å². The van der Waals surface area contributed by atoms with Crippen molar-refractivity contribution in [1.82, 2.24) is 14.9 Å². The third kappa shape index (κ3) is 6.86. The van der Waals surface area contributed by atoms with Gasteiger partial charge < -0.3 is 15.4 Å². The molecule has 178 valence electrons. The van der Waals surface area contributed by atoms with Gasteiger partial charge in [-0.1, -0.05) is 56.3 Å². The Balaban J connectivity index is 1.65. The van der Waals surface area contributed by atoms with Crippen LogP contribution in [-0.4, -0.2) is 50.8 Å². The van der Waals surface area contributed by atoms with Crippen LogP contribution in [-0.2, 0) is 30.9 Å². The van der Waals surface area contributed by atoms with Gasteiger partial charge in [0, 0.05) is 26.1 Å². The summed E-state index contributed by atoms with van der Waals surface area (Å²) in [5.41, 5.74) is 1.45. The summed E-state index contributed by atoms with van der Waals surface area (Å²) in [6, 6.07) is 14.7. The molecule has 1 heterocycles. The fourth-order valence-corrected chi connectivity index (χ4v) is 4.95. The molecule has 1 aliphatic rings. The number of benzene rings is 2. The van der Waals surface area contributed by atoms with E-state index < -0.39 is 16.1 Å². The van der Waals surface area contributed by atoms with Crippen LogP contribution < -0.4 is 10.6 Å². The minimum atomic E-state index is -3.56. The third-order valence-corrected chi connectivity index (χ3v) is 7.20. The van der Waals surface area contributed by atoms with Crippen molar-refractivity contribution < 1.29 is 22.7 Å². The fraction of sp³-hybridized carbons (Fsp3) is 0.417. The zero-order valence-corrected chi connectivity index (χ0v) is 19.8. The fourth-order valence-electron chi connectivity index (χ4n) is 3.54. The standard InChI is InChI=1S/C24H31N3O5S/c1-18(2)16-22(28)26-23(20-6-4-3-5-7-20)24(29)25-17-19-8-10-21(11-9-19)33(30,31)27-12-14-32-15-13-27/h3-11,18,23H,12-17H2,1-2H3,(H,25,29)(H,26,28). The molecule has 0 aliphatic carbocycles. The quantitative estimate of drug-likeness (QED) is 0.581. The number of amides is 2. The minimum absolute atomic E-state index is 0.178. The molecule has 2 aromatic carbocycles. The highest BCUT2D eigenvalue weighted by molar-refractivity contribution is 7.89. The highest BCUT2D eigenvalue weighted by Gasteiger charge is 2.26. The number of hydrogen-bond acceptors (Lipinski definition) is 5. The van der Waals surface area contributed by atoms with Crippen LogP contribution in [0.5, 0.6) is 0 Å². The van der Waals surface area contributed by atoms with Crippen molar-refractivity contribution in [3.8, 4) is 0 Å². The van der Waals surface area contributed by atoms with Crippen molar-refractivity contribution in [2.24, 2.45) is 5.92 Å². The van der Waals surface area contributed by atoms with E-state index in [0.717, 1.165) is 5.56 Å². The summed E-state index contributed by atoms with van der Waals surface area (Å²) in [7, 11) is -3.56. The van der Waals surface area contributed by atoms with Crippen LogP contribution >= 0.6 is 0 Å². The van der Waals surface area contributed by atoms with Crippen molar-refractivity contribution in [2.75, 3.05) is 26.3 Å². The lowest BCUT2D eigenvalue weighted by atomic mass is 10.0. The molecule has 8 nitrogen and oxygen atoms in total. The van der Waals surface area contributed by atoms with Gasteiger partial charge in [-0.25, -0.2) is 8.42 Å². The molecule has 1 fully saturated rings. The summed E-state index contributed by atoms with van der Waals surface area (Å²) >= 11 is 0. The number of ether oxygens (including phenoxy) is 1. The van der Waals surface area contributed by atoms with Gasteiger partial charge in [0.15, 0.2) is 0 Å². The highest BCUT2D eigenvalue weighted by atomic mass is 32.2. The lowest BCUT2D eigenvalue weighted by molar-refractivity contribution is -0.129. The molecule has 0 aromatic heterocycles. The molecule has 0 saturated carbocycles. The Morgan fingerprint density at radius 1 is 1.00 bits per heavy atom. The normalized spacial score (nSPS) is 15.7. The molecular formula is C24H31N3O5S. The Morgan fingerprint density at radius 2 is 1.64 bits per heavy atom. The molecule has 3 rings (SSSR count). The van der Waals surface area contributed by atoms with Gasteiger partial charge in [0.1, 0.15) is 6.04 Å². The van der Waals surface area contributed by atoms with Gasteiger partial charge in [-0.2, -0.15) is 4.31 Å². The van der Waals surface area contributed by atoms with Gasteiger partial charge in [-0.3, -0.25) is 9.59 Å². The van der Waals surface area contributed by atoms with E-state index in [2.05, 4.69) is 10.6 Å². The van der Waals surface area contributed by atoms with Gasteiger partial charge in [0.25, 0.3) is 0 Å². The Hall–Kier alpha value is -2.75. The average Bonchev–Trinajstić information content (AvgIpc) is 2.82. The van der Waals surface area contributed by atoms with Crippen LogP contribution in [0.1, 0.15) is 37.4 Å². The highest BCUT2D eigenvalue weighted by Crippen LogP contribution is 2.18. The first kappa shape index (κ1) is 24.9. The number of morpholine rings is 1. The van der Waals surface area contributed by atoms with Crippen LogP contribution in [0.15, 0.2) is 59.5 Å². The summed E-state index contributed by atoms with van der Waals surface area (Å²) in [6.45, 7) is 5.55. The number of rotatable bonds is 9. The summed E-state index contributed by atoms with van der Waals surface area (Å²) in [5, 5.41) is 5.67. The smallest absolute Gasteiger partial charge is 0.247 e. The molecule has 0 bridgehead atoms. The van der Waals surface area contributed by atoms with Crippen molar-refractivity contribution in [3.63, 3.8) is 0 Å². The molecule has 1 aliphatic heterocycles. The molecule has 33 heavy (non-hydrogen) atoms. The Morgan fingerprint density at radius 3 is 2.24 bits per heavy atom. The SMILES string of the molecule is CC(C)CC(=O)NC(C(=O)NCc1ccc(S(=O)(=O)N2CCOCC2)cc1)c1ccccc1. The van der Waals surface area contributed by atoms with E-state index in [1.807, 2.05) is 32.0 Å². The van der Waals surface area contributed by atoms with E-state index in [1.165, 1.54) is 4.31 Å². The zero-order chi connectivity index (χ0) is 23.8. The molecule has 0 spiro atoms. The van der Waals surface area contributed by atoms with Gasteiger partial charge in [-0.15, -0.1) is 0 Å². The second kappa shape index (κ2) is 11.4. The molecule has 0 radical (unpaired) electrons. The lowest BCUT2D eigenvalue weighted by Gasteiger charge is -2.26. The topological polar surface area (TPSA) is 105 Å². The number of nitrogens with one attached hydrogen (secondary N) is 2. The number of carbonyl (C=O) groups is 2. The Kier molecular flexibility index (Phi) is 8.60. The zero-order valence-electron chi connectivity index (χ0n) is 19.0. The Bertz CT molecular complexity index is 1030. The second-order valence-electron chi connectivity index (χ2n) is 8.39. The van der Waals surface area contributed by atoms with Crippen molar-refractivity contribution in [2.45, 2.75) is 37.8 Å². The molecule has 1 atom stereocenters. The lowest BCUT2D eigenvalue weighted by Crippen LogP contribution is -2.40. The Labute approximate surface area is 195 Å². The molecular weight excluding hydrogens is 442 g/mol. The summed E-state index contributed by atoms with van der Waals surface area (Å²) in [6.07, 6.45) is 0.329. The minimum Gasteiger partial charge on any atom is -0.379 e. The molecule has 2 aromatic rings. The molecule has 1 saturated heterocycles. The van der Waals surface area contributed by atoms with E-state index in [9.17, 15) is 18.0 Å². The first-order chi connectivity index (χ1) is 15.8. The van der Waals surface area contributed by atoms with Crippen LogP contribution in [0, 0.1) is 5.92 Å². The van der Waals surface area contributed by atoms with E-state index in [4.69, 9.17) is 4.74 Å². The summed E-state index contributed by atoms with van der Waals surface area (Å²) in [5.74, 6) is -0.341. The van der Waals surface area contributed by atoms with E-state index >= 15 is 0 Å². The number of nitrogens with zero attached hydrogens (tertiary/aromatic N) is 1. The number of carbonyl (C=O) groups excluding carboxylic acids is 2. The average molecular weight is 474 g/mol. The predicted octanol–water partition coefficient (Wildman–Crippen LogP) is 2.23. The van der Waals surface area contributed by atoms with E-state index in [1.54, 1.807) is 36.4 Å². The van der Waals surface area contributed by atoms with Gasteiger partial charge in [0.2, 0.25) is 21.8 Å². The number of sulfonamides is 1. The molecule has 1 unspecified atom stereocenters. The van der Waals surface area contributed by atoms with Crippen LogP contribution in [0.2, 0.25) is 0 Å². The van der Waals surface area contributed by atoms with Crippen LogP contribution in [0.3, 0.4) is 0 Å². The first-order valence-electron chi connectivity index (χ1n) is 11.1. The van der Waals surface area contributed by atoms with Crippen LogP contribution in [0.25, 0.3) is 0 Å². The second-order valence-corrected chi connectivity index (χ2v) is 10.3. The first-order valence-corrected chi connectivity index (χ1v) is 12.5. The monoisotopic (exact) mass is 473 g/mol. The van der Waals surface area contributed by atoms with Crippen molar-refractivity contribution in [3.05, 3.63) is 65.7 Å². The maximum absolute atomic E-state index is 12.9. The van der Waals surface area contributed by atoms with Gasteiger partial charge in [0.05, 0.1) is 18.1 Å². The van der Waals surface area contributed by atoms with Crippen molar-refractivity contribution in [1.29, 1.82) is 0 Å². The maximum atomic E-state index is 12.9.